The minimum Gasteiger partial charge on any atom is -0.409 e. The summed E-state index contributed by atoms with van der Waals surface area (Å²) in [6, 6.07) is 0. The molecule has 0 saturated carbocycles. The third-order valence-corrected chi connectivity index (χ3v) is 1.96. The van der Waals surface area contributed by atoms with Gasteiger partial charge in [0, 0.05) is 5.56 Å². The quantitative estimate of drug-likeness (QED) is 0.437. The smallest absolute Gasteiger partial charge is 0.409 e. The average Bonchev–Trinajstić information content (AvgIpc) is 2.46. The van der Waals surface area contributed by atoms with E-state index < -0.39 is 4.92 Å². The maximum Gasteiger partial charge on any atom is 0.437 e. The molecule has 6 heteroatoms. The Labute approximate surface area is 78.2 Å². The van der Waals surface area contributed by atoms with Gasteiger partial charge in [-0.25, -0.2) is 0 Å². The number of alkyl halides is 2. The fraction of sp³-hybridized carbons (Fsp3) is 0.333. The molecule has 4 nitrogen and oxygen atoms in total. The Hall–Kier alpha value is -0.740. The number of hydrogen-bond donors (Lipinski definition) is 0. The minimum absolute atomic E-state index is 0.0366. The van der Waals surface area contributed by atoms with E-state index in [1.807, 2.05) is 0 Å². The van der Waals surface area contributed by atoms with Gasteiger partial charge in [-0.1, -0.05) is 0 Å². The van der Waals surface area contributed by atoms with Crippen molar-refractivity contribution in [3.8, 4) is 0 Å². The summed E-state index contributed by atoms with van der Waals surface area (Å²) in [5.74, 6) is -0.116. The normalized spacial score (nSPS) is 10.2. The molecule has 1 rings (SSSR count). The Bertz CT molecular complexity index is 297. The second-order valence-corrected chi connectivity index (χ2v) is 2.60. The minimum atomic E-state index is -0.617. The van der Waals surface area contributed by atoms with Crippen molar-refractivity contribution in [2.24, 2.45) is 0 Å². The van der Waals surface area contributed by atoms with E-state index in [4.69, 9.17) is 23.2 Å². The molecule has 12 heavy (non-hydrogen) atoms. The molecule has 0 fully saturated rings. The topological polar surface area (TPSA) is 56.3 Å². The van der Waals surface area contributed by atoms with Gasteiger partial charge in [0.15, 0.2) is 0 Å². The largest absolute Gasteiger partial charge is 0.437 e. The first-order chi connectivity index (χ1) is 5.70. The highest BCUT2D eigenvalue weighted by Crippen LogP contribution is 2.27. The maximum absolute atomic E-state index is 10.3. The molecule has 66 valence electrons. The molecule has 1 heterocycles. The molecule has 0 aliphatic heterocycles. The van der Waals surface area contributed by atoms with Crippen molar-refractivity contribution in [2.75, 3.05) is 0 Å². The Morgan fingerprint density at radius 2 is 2.17 bits per heavy atom. The lowest BCUT2D eigenvalue weighted by molar-refractivity contribution is -0.402. The van der Waals surface area contributed by atoms with E-state index in [1.165, 1.54) is 6.26 Å². The van der Waals surface area contributed by atoms with Gasteiger partial charge in [-0.3, -0.25) is 10.1 Å². The second-order valence-electron chi connectivity index (χ2n) is 2.07. The summed E-state index contributed by atoms with van der Waals surface area (Å²) in [6.45, 7) is 0. The van der Waals surface area contributed by atoms with E-state index in [9.17, 15) is 10.1 Å². The van der Waals surface area contributed by atoms with E-state index in [1.54, 1.807) is 0 Å². The Kier molecular flexibility index (Phi) is 2.94. The van der Waals surface area contributed by atoms with Gasteiger partial charge in [0.25, 0.3) is 0 Å². The highest BCUT2D eigenvalue weighted by atomic mass is 35.5. The van der Waals surface area contributed by atoms with Crippen LogP contribution in [0.15, 0.2) is 10.7 Å². The fourth-order valence-electron chi connectivity index (χ4n) is 0.815. The summed E-state index contributed by atoms with van der Waals surface area (Å²) >= 11 is 11.0. The summed E-state index contributed by atoms with van der Waals surface area (Å²) in [6.07, 6.45) is 1.25. The summed E-state index contributed by atoms with van der Waals surface area (Å²) in [7, 11) is 0. The molecule has 0 N–H and O–H groups in total. The molecular weight excluding hydrogens is 205 g/mol. The lowest BCUT2D eigenvalue weighted by atomic mass is 10.2. The van der Waals surface area contributed by atoms with Crippen LogP contribution in [0.3, 0.4) is 0 Å². The van der Waals surface area contributed by atoms with Crippen molar-refractivity contribution in [2.45, 2.75) is 11.8 Å². The summed E-state index contributed by atoms with van der Waals surface area (Å²) in [5, 5.41) is 10.3. The molecule has 0 saturated heterocycles. The molecule has 0 aromatic carbocycles. The molecule has 0 unspecified atom stereocenters. The van der Waals surface area contributed by atoms with Crippen molar-refractivity contribution >= 4 is 29.1 Å². The van der Waals surface area contributed by atoms with Gasteiger partial charge in [0.2, 0.25) is 0 Å². The SMILES string of the molecule is O=[N+]([O-])c1occ(CCl)c1CCl. The van der Waals surface area contributed by atoms with Crippen LogP contribution in [0.4, 0.5) is 5.88 Å². The van der Waals surface area contributed by atoms with Crippen LogP contribution in [0.25, 0.3) is 0 Å². The Balaban J connectivity index is 3.13. The van der Waals surface area contributed by atoms with Crippen LogP contribution in [-0.2, 0) is 11.8 Å². The van der Waals surface area contributed by atoms with E-state index in [0.717, 1.165) is 0 Å². The van der Waals surface area contributed by atoms with Crippen molar-refractivity contribution in [3.63, 3.8) is 0 Å². The molecule has 0 radical (unpaired) electrons. The van der Waals surface area contributed by atoms with Gasteiger partial charge in [-0.2, -0.15) is 0 Å². The Morgan fingerprint density at radius 1 is 1.50 bits per heavy atom. The van der Waals surface area contributed by atoms with Crippen LogP contribution in [0, 0.1) is 10.1 Å². The van der Waals surface area contributed by atoms with E-state index in [0.29, 0.717) is 11.1 Å². The van der Waals surface area contributed by atoms with Crippen molar-refractivity contribution < 1.29 is 9.34 Å². The molecule has 0 bridgehead atoms. The number of halogens is 2. The summed E-state index contributed by atoms with van der Waals surface area (Å²) in [5.41, 5.74) is 0.926. The summed E-state index contributed by atoms with van der Waals surface area (Å²) < 4.78 is 4.67. The van der Waals surface area contributed by atoms with Gasteiger partial charge in [0.05, 0.1) is 17.3 Å². The Morgan fingerprint density at radius 3 is 2.58 bits per heavy atom. The average molecular weight is 210 g/mol. The number of furan rings is 1. The molecule has 0 aliphatic rings. The van der Waals surface area contributed by atoms with Crippen LogP contribution in [-0.4, -0.2) is 4.92 Å². The lowest BCUT2D eigenvalue weighted by Crippen LogP contribution is -1.90. The third-order valence-electron chi connectivity index (χ3n) is 1.40. The molecule has 1 aromatic heterocycles. The van der Waals surface area contributed by atoms with Gasteiger partial charge in [-0.05, 0) is 0 Å². The molecule has 0 spiro atoms. The van der Waals surface area contributed by atoms with Crippen LogP contribution >= 0.6 is 23.2 Å². The highest BCUT2D eigenvalue weighted by Gasteiger charge is 2.21. The first kappa shape index (κ1) is 9.35. The number of nitrogens with zero attached hydrogens (tertiary/aromatic N) is 1. The highest BCUT2D eigenvalue weighted by molar-refractivity contribution is 6.19. The van der Waals surface area contributed by atoms with E-state index in [-0.39, 0.29) is 17.6 Å². The molecule has 0 aliphatic carbocycles. The first-order valence-corrected chi connectivity index (χ1v) is 4.13. The van der Waals surface area contributed by atoms with Crippen molar-refractivity contribution in [3.05, 3.63) is 27.5 Å². The predicted octanol–water partition coefficient (Wildman–Crippen LogP) is 2.67. The monoisotopic (exact) mass is 209 g/mol. The van der Waals surface area contributed by atoms with E-state index in [2.05, 4.69) is 4.42 Å². The zero-order valence-electron chi connectivity index (χ0n) is 5.92. The van der Waals surface area contributed by atoms with Gasteiger partial charge < -0.3 is 4.42 Å². The second kappa shape index (κ2) is 3.78. The molecular formula is C6H5Cl2NO3. The zero-order chi connectivity index (χ0) is 9.14. The number of nitro groups is 1. The lowest BCUT2D eigenvalue weighted by Gasteiger charge is -1.90. The fourth-order valence-corrected chi connectivity index (χ4v) is 1.33. The van der Waals surface area contributed by atoms with Gasteiger partial charge in [-0.15, -0.1) is 23.2 Å². The van der Waals surface area contributed by atoms with Crippen molar-refractivity contribution in [1.82, 2.24) is 0 Å². The van der Waals surface area contributed by atoms with Gasteiger partial charge >= 0.3 is 5.88 Å². The molecule has 1 aromatic rings. The van der Waals surface area contributed by atoms with Crippen LogP contribution in [0.5, 0.6) is 0 Å². The molecule has 0 atom stereocenters. The van der Waals surface area contributed by atoms with Gasteiger partial charge in [0.1, 0.15) is 11.2 Å². The van der Waals surface area contributed by atoms with Crippen LogP contribution in [0.1, 0.15) is 11.1 Å². The number of hydrogen-bond acceptors (Lipinski definition) is 3. The first-order valence-electron chi connectivity index (χ1n) is 3.06. The van der Waals surface area contributed by atoms with Crippen LogP contribution < -0.4 is 0 Å². The zero-order valence-corrected chi connectivity index (χ0v) is 7.43. The van der Waals surface area contributed by atoms with Crippen molar-refractivity contribution in [1.29, 1.82) is 0 Å². The standard InChI is InChI=1S/C6H5Cl2NO3/c7-1-4-3-12-6(9(10)11)5(4)2-8/h3H,1-2H2. The van der Waals surface area contributed by atoms with Crippen LogP contribution in [0.2, 0.25) is 0 Å². The third kappa shape index (κ3) is 1.54. The maximum atomic E-state index is 10.3. The summed E-state index contributed by atoms with van der Waals surface area (Å²) in [4.78, 5) is 9.70. The van der Waals surface area contributed by atoms with E-state index >= 15 is 0 Å². The molecule has 0 amide bonds. The predicted molar refractivity (Wildman–Crippen MR) is 44.5 cm³/mol. The number of rotatable bonds is 3.